The number of carbonyl (C=O) groups excluding carboxylic acids is 1. The Labute approximate surface area is 103 Å². The molecule has 1 saturated carbocycles. The number of nitrogens with two attached hydrogens (primary N) is 1. The lowest BCUT2D eigenvalue weighted by molar-refractivity contribution is -0.148. The molecule has 98 valence electrons. The van der Waals surface area contributed by atoms with Crippen molar-refractivity contribution in [2.45, 2.75) is 45.3 Å². The van der Waals surface area contributed by atoms with E-state index in [0.29, 0.717) is 18.4 Å². The van der Waals surface area contributed by atoms with Gasteiger partial charge in [-0.25, -0.2) is 0 Å². The summed E-state index contributed by atoms with van der Waals surface area (Å²) in [5.41, 5.74) is 5.75. The van der Waals surface area contributed by atoms with Gasteiger partial charge in [0.15, 0.2) is 0 Å². The van der Waals surface area contributed by atoms with Gasteiger partial charge >= 0.3 is 0 Å². The van der Waals surface area contributed by atoms with Gasteiger partial charge in [0.1, 0.15) is 0 Å². The van der Waals surface area contributed by atoms with Gasteiger partial charge in [0.25, 0.3) is 0 Å². The molecule has 4 nitrogen and oxygen atoms in total. The number of nitrogens with zero attached hydrogens (tertiary/aromatic N) is 1. The van der Waals surface area contributed by atoms with E-state index < -0.39 is 0 Å². The van der Waals surface area contributed by atoms with E-state index in [1.165, 1.54) is 0 Å². The SMILES string of the molecule is CC1CN(C(=O)[C@@H]2CCC[C@@H]2CN)CC(C)O1. The molecule has 1 heterocycles. The summed E-state index contributed by atoms with van der Waals surface area (Å²) < 4.78 is 5.66. The van der Waals surface area contributed by atoms with Crippen LogP contribution >= 0.6 is 0 Å². The number of amides is 1. The molecule has 1 aliphatic heterocycles. The maximum Gasteiger partial charge on any atom is 0.226 e. The molecule has 0 bridgehead atoms. The quantitative estimate of drug-likeness (QED) is 0.783. The summed E-state index contributed by atoms with van der Waals surface area (Å²) in [4.78, 5) is 14.5. The topological polar surface area (TPSA) is 55.6 Å². The van der Waals surface area contributed by atoms with Crippen LogP contribution < -0.4 is 5.73 Å². The fraction of sp³-hybridized carbons (Fsp3) is 0.923. The predicted molar refractivity (Wildman–Crippen MR) is 66.5 cm³/mol. The summed E-state index contributed by atoms with van der Waals surface area (Å²) in [5, 5.41) is 0. The van der Waals surface area contributed by atoms with E-state index >= 15 is 0 Å². The number of rotatable bonds is 2. The highest BCUT2D eigenvalue weighted by atomic mass is 16.5. The Morgan fingerprint density at radius 1 is 1.29 bits per heavy atom. The third kappa shape index (κ3) is 2.80. The Morgan fingerprint density at radius 3 is 2.53 bits per heavy atom. The molecule has 0 aromatic rings. The average Bonchev–Trinajstić information content (AvgIpc) is 2.74. The predicted octanol–water partition coefficient (Wildman–Crippen LogP) is 0.997. The summed E-state index contributed by atoms with van der Waals surface area (Å²) in [7, 11) is 0. The Bertz CT molecular complexity index is 273. The smallest absolute Gasteiger partial charge is 0.226 e. The third-order valence-corrected chi connectivity index (χ3v) is 4.01. The van der Waals surface area contributed by atoms with Gasteiger partial charge in [-0.3, -0.25) is 4.79 Å². The molecule has 2 rings (SSSR count). The van der Waals surface area contributed by atoms with Crippen molar-refractivity contribution in [3.8, 4) is 0 Å². The molecular weight excluding hydrogens is 216 g/mol. The molecule has 2 fully saturated rings. The lowest BCUT2D eigenvalue weighted by atomic mass is 9.94. The Morgan fingerprint density at radius 2 is 1.94 bits per heavy atom. The molecule has 2 N–H and O–H groups in total. The van der Waals surface area contributed by atoms with Gasteiger partial charge in [-0.1, -0.05) is 6.42 Å². The van der Waals surface area contributed by atoms with Crippen LogP contribution in [0.5, 0.6) is 0 Å². The molecule has 0 aromatic carbocycles. The number of morpholine rings is 1. The summed E-state index contributed by atoms with van der Waals surface area (Å²) in [6, 6.07) is 0. The highest BCUT2D eigenvalue weighted by molar-refractivity contribution is 5.79. The zero-order chi connectivity index (χ0) is 12.4. The Balaban J connectivity index is 1.99. The van der Waals surface area contributed by atoms with Crippen molar-refractivity contribution in [1.29, 1.82) is 0 Å². The molecular formula is C13H24N2O2. The lowest BCUT2D eigenvalue weighted by Gasteiger charge is -2.37. The van der Waals surface area contributed by atoms with Crippen LogP contribution in [0.3, 0.4) is 0 Å². The van der Waals surface area contributed by atoms with Gasteiger partial charge in [0.2, 0.25) is 5.91 Å². The summed E-state index contributed by atoms with van der Waals surface area (Å²) in [5.74, 6) is 0.869. The molecule has 1 saturated heterocycles. The monoisotopic (exact) mass is 240 g/mol. The molecule has 1 amide bonds. The largest absolute Gasteiger partial charge is 0.372 e. The van der Waals surface area contributed by atoms with E-state index in [1.807, 2.05) is 18.7 Å². The maximum absolute atomic E-state index is 12.5. The van der Waals surface area contributed by atoms with E-state index in [2.05, 4.69) is 0 Å². The van der Waals surface area contributed by atoms with Crippen LogP contribution in [0, 0.1) is 11.8 Å². The number of ether oxygens (including phenoxy) is 1. The first-order valence-electron chi connectivity index (χ1n) is 6.76. The minimum atomic E-state index is 0.153. The summed E-state index contributed by atoms with van der Waals surface area (Å²) in [6.07, 6.45) is 3.58. The minimum Gasteiger partial charge on any atom is -0.372 e. The molecule has 4 atom stereocenters. The van der Waals surface area contributed by atoms with Crippen molar-refractivity contribution in [3.05, 3.63) is 0 Å². The molecule has 4 heteroatoms. The van der Waals surface area contributed by atoms with Gasteiger partial charge in [-0.2, -0.15) is 0 Å². The van der Waals surface area contributed by atoms with Crippen molar-refractivity contribution in [1.82, 2.24) is 4.90 Å². The van der Waals surface area contributed by atoms with E-state index in [0.717, 1.165) is 32.4 Å². The fourth-order valence-corrected chi connectivity index (χ4v) is 3.24. The van der Waals surface area contributed by atoms with E-state index in [4.69, 9.17) is 10.5 Å². The standard InChI is InChI=1S/C13H24N2O2/c1-9-7-15(8-10(2)17-9)13(16)12-5-3-4-11(12)6-14/h9-12H,3-8,14H2,1-2H3/t9?,10?,11-,12-/m1/s1. The molecule has 1 aliphatic carbocycles. The first-order valence-corrected chi connectivity index (χ1v) is 6.76. The molecule has 0 spiro atoms. The van der Waals surface area contributed by atoms with Crippen molar-refractivity contribution in [2.24, 2.45) is 17.6 Å². The number of carbonyl (C=O) groups is 1. The second-order valence-electron chi connectivity index (χ2n) is 5.53. The third-order valence-electron chi connectivity index (χ3n) is 4.01. The number of hydrogen-bond acceptors (Lipinski definition) is 3. The van der Waals surface area contributed by atoms with Crippen LogP contribution in [0.2, 0.25) is 0 Å². The second-order valence-corrected chi connectivity index (χ2v) is 5.53. The van der Waals surface area contributed by atoms with Gasteiger partial charge in [-0.05, 0) is 39.2 Å². The number of hydrogen-bond donors (Lipinski definition) is 1. The minimum absolute atomic E-state index is 0.153. The molecule has 0 radical (unpaired) electrons. The zero-order valence-corrected chi connectivity index (χ0v) is 10.9. The normalized spacial score (nSPS) is 38.4. The van der Waals surface area contributed by atoms with Crippen molar-refractivity contribution in [3.63, 3.8) is 0 Å². The summed E-state index contributed by atoms with van der Waals surface area (Å²) in [6.45, 7) is 6.18. The average molecular weight is 240 g/mol. The van der Waals surface area contributed by atoms with Crippen LogP contribution in [0.1, 0.15) is 33.1 Å². The molecule has 2 unspecified atom stereocenters. The van der Waals surface area contributed by atoms with Gasteiger partial charge < -0.3 is 15.4 Å². The van der Waals surface area contributed by atoms with E-state index in [9.17, 15) is 4.79 Å². The van der Waals surface area contributed by atoms with Crippen molar-refractivity contribution >= 4 is 5.91 Å². The van der Waals surface area contributed by atoms with Gasteiger partial charge in [-0.15, -0.1) is 0 Å². The van der Waals surface area contributed by atoms with Crippen LogP contribution in [-0.4, -0.2) is 42.6 Å². The van der Waals surface area contributed by atoms with Crippen LogP contribution in [0.15, 0.2) is 0 Å². The highest BCUT2D eigenvalue weighted by Gasteiger charge is 2.36. The van der Waals surface area contributed by atoms with Crippen LogP contribution in [0.4, 0.5) is 0 Å². The summed E-state index contributed by atoms with van der Waals surface area (Å²) >= 11 is 0. The maximum atomic E-state index is 12.5. The Kier molecular flexibility index (Phi) is 4.05. The van der Waals surface area contributed by atoms with E-state index in [-0.39, 0.29) is 18.1 Å². The first kappa shape index (κ1) is 12.8. The molecule has 0 aromatic heterocycles. The molecule has 17 heavy (non-hydrogen) atoms. The van der Waals surface area contributed by atoms with Crippen molar-refractivity contribution < 1.29 is 9.53 Å². The Hall–Kier alpha value is -0.610. The fourth-order valence-electron chi connectivity index (χ4n) is 3.24. The highest BCUT2D eigenvalue weighted by Crippen LogP contribution is 2.33. The first-order chi connectivity index (χ1) is 8.11. The lowest BCUT2D eigenvalue weighted by Crippen LogP contribution is -2.50. The van der Waals surface area contributed by atoms with E-state index in [1.54, 1.807) is 0 Å². The zero-order valence-electron chi connectivity index (χ0n) is 10.9. The van der Waals surface area contributed by atoms with Crippen molar-refractivity contribution in [2.75, 3.05) is 19.6 Å². The van der Waals surface area contributed by atoms with Gasteiger partial charge in [0.05, 0.1) is 12.2 Å². The molecule has 2 aliphatic rings. The van der Waals surface area contributed by atoms with Crippen LogP contribution in [-0.2, 0) is 9.53 Å². The van der Waals surface area contributed by atoms with Gasteiger partial charge in [0, 0.05) is 19.0 Å². The van der Waals surface area contributed by atoms with Crippen LogP contribution in [0.25, 0.3) is 0 Å². The second kappa shape index (κ2) is 5.36.